The van der Waals surface area contributed by atoms with E-state index in [1.807, 2.05) is 61.4 Å². The van der Waals surface area contributed by atoms with Crippen molar-refractivity contribution in [3.8, 4) is 5.75 Å². The van der Waals surface area contributed by atoms with Crippen LogP contribution >= 0.6 is 0 Å². The Morgan fingerprint density at radius 2 is 2.00 bits per heavy atom. The largest absolute Gasteiger partial charge is 0.497 e. The average molecular weight is 324 g/mol. The molecule has 1 amide bonds. The number of rotatable bonds is 5. The molecule has 0 saturated heterocycles. The molecule has 1 N–H and O–H groups in total. The van der Waals surface area contributed by atoms with Gasteiger partial charge in [0.2, 0.25) is 0 Å². The second kappa shape index (κ2) is 6.62. The molecule has 1 unspecified atom stereocenters. The average Bonchev–Trinajstić information content (AvgIpc) is 3.21. The van der Waals surface area contributed by atoms with Gasteiger partial charge in [-0.1, -0.05) is 12.1 Å². The van der Waals surface area contributed by atoms with Gasteiger partial charge in [-0.15, -0.1) is 0 Å². The number of nitrogens with one attached hydrogen (secondary N) is 1. The second-order valence-corrected chi connectivity index (χ2v) is 5.58. The van der Waals surface area contributed by atoms with E-state index in [1.54, 1.807) is 23.9 Å². The highest BCUT2D eigenvalue weighted by molar-refractivity contribution is 5.93. The molecule has 0 aliphatic carbocycles. The van der Waals surface area contributed by atoms with E-state index in [2.05, 4.69) is 10.3 Å². The minimum absolute atomic E-state index is 0.154. The first-order valence-electron chi connectivity index (χ1n) is 7.63. The SMILES string of the molecule is COc1cccc(C(NC(=O)c2cccn2C)c2nccn2C)c1. The molecule has 0 bridgehead atoms. The van der Waals surface area contributed by atoms with Crippen molar-refractivity contribution in [2.75, 3.05) is 7.11 Å². The molecule has 0 spiro atoms. The standard InChI is InChI=1S/C18H20N4O2/c1-21-10-5-8-15(21)18(23)20-16(17-19-9-11-22(17)2)13-6-4-7-14(12-13)24-3/h4-12,16H,1-3H3,(H,20,23). The monoisotopic (exact) mass is 324 g/mol. The highest BCUT2D eigenvalue weighted by Crippen LogP contribution is 2.24. The number of aromatic nitrogens is 3. The zero-order chi connectivity index (χ0) is 17.1. The summed E-state index contributed by atoms with van der Waals surface area (Å²) >= 11 is 0. The van der Waals surface area contributed by atoms with Crippen LogP contribution in [0.15, 0.2) is 55.0 Å². The Balaban J connectivity index is 1.98. The lowest BCUT2D eigenvalue weighted by atomic mass is 10.1. The van der Waals surface area contributed by atoms with Crippen LogP contribution in [-0.2, 0) is 14.1 Å². The predicted octanol–water partition coefficient (Wildman–Crippen LogP) is 2.29. The van der Waals surface area contributed by atoms with Gasteiger partial charge in [-0.05, 0) is 29.8 Å². The van der Waals surface area contributed by atoms with Gasteiger partial charge in [0, 0.05) is 32.7 Å². The second-order valence-electron chi connectivity index (χ2n) is 5.58. The number of imidazole rings is 1. The van der Waals surface area contributed by atoms with Gasteiger partial charge in [-0.2, -0.15) is 0 Å². The summed E-state index contributed by atoms with van der Waals surface area (Å²) in [5.41, 5.74) is 1.50. The van der Waals surface area contributed by atoms with E-state index in [-0.39, 0.29) is 11.9 Å². The summed E-state index contributed by atoms with van der Waals surface area (Å²) in [5, 5.41) is 3.07. The van der Waals surface area contributed by atoms with Crippen molar-refractivity contribution in [3.05, 3.63) is 72.1 Å². The molecule has 1 atom stereocenters. The van der Waals surface area contributed by atoms with Crippen molar-refractivity contribution in [2.45, 2.75) is 6.04 Å². The number of methoxy groups -OCH3 is 1. The molecule has 2 aromatic heterocycles. The molecule has 24 heavy (non-hydrogen) atoms. The molecule has 0 aliphatic heterocycles. The maximum absolute atomic E-state index is 12.7. The molecule has 3 aromatic rings. The van der Waals surface area contributed by atoms with E-state index in [9.17, 15) is 4.79 Å². The van der Waals surface area contributed by atoms with Crippen LogP contribution in [0.2, 0.25) is 0 Å². The minimum Gasteiger partial charge on any atom is -0.497 e. The van der Waals surface area contributed by atoms with Crippen molar-refractivity contribution < 1.29 is 9.53 Å². The van der Waals surface area contributed by atoms with E-state index in [0.29, 0.717) is 5.69 Å². The number of carbonyl (C=O) groups excluding carboxylic acids is 1. The summed E-state index contributed by atoms with van der Waals surface area (Å²) in [5.74, 6) is 1.34. The molecule has 6 heteroatoms. The fraction of sp³-hybridized carbons (Fsp3) is 0.222. The predicted molar refractivity (Wildman–Crippen MR) is 90.9 cm³/mol. The molecule has 0 fully saturated rings. The lowest BCUT2D eigenvalue weighted by Gasteiger charge is -2.20. The highest BCUT2D eigenvalue weighted by atomic mass is 16.5. The maximum atomic E-state index is 12.7. The third-order valence-electron chi connectivity index (χ3n) is 4.00. The van der Waals surface area contributed by atoms with Crippen LogP contribution in [0, 0.1) is 0 Å². The Hall–Kier alpha value is -3.02. The number of carbonyl (C=O) groups is 1. The van der Waals surface area contributed by atoms with E-state index in [4.69, 9.17) is 4.74 Å². The molecule has 2 heterocycles. The van der Waals surface area contributed by atoms with Crippen LogP contribution in [0.4, 0.5) is 0 Å². The van der Waals surface area contributed by atoms with Crippen molar-refractivity contribution >= 4 is 5.91 Å². The van der Waals surface area contributed by atoms with Gasteiger partial charge in [-0.3, -0.25) is 4.79 Å². The number of benzene rings is 1. The van der Waals surface area contributed by atoms with Crippen LogP contribution in [0.3, 0.4) is 0 Å². The summed E-state index contributed by atoms with van der Waals surface area (Å²) < 4.78 is 8.99. The smallest absolute Gasteiger partial charge is 0.268 e. The first-order chi connectivity index (χ1) is 11.6. The van der Waals surface area contributed by atoms with Gasteiger partial charge < -0.3 is 19.2 Å². The number of nitrogens with zero attached hydrogens (tertiary/aromatic N) is 3. The van der Waals surface area contributed by atoms with E-state index >= 15 is 0 Å². The van der Waals surface area contributed by atoms with Crippen molar-refractivity contribution in [3.63, 3.8) is 0 Å². The molecule has 124 valence electrons. The van der Waals surface area contributed by atoms with Crippen LogP contribution < -0.4 is 10.1 Å². The van der Waals surface area contributed by atoms with Gasteiger partial charge in [0.1, 0.15) is 23.3 Å². The lowest BCUT2D eigenvalue weighted by Crippen LogP contribution is -2.32. The van der Waals surface area contributed by atoms with Crippen LogP contribution in [0.25, 0.3) is 0 Å². The molecule has 6 nitrogen and oxygen atoms in total. The molecular formula is C18H20N4O2. The van der Waals surface area contributed by atoms with E-state index in [0.717, 1.165) is 17.1 Å². The summed E-state index contributed by atoms with van der Waals surface area (Å²) in [7, 11) is 5.37. The number of hydrogen-bond donors (Lipinski definition) is 1. The van der Waals surface area contributed by atoms with Gasteiger partial charge in [0.25, 0.3) is 5.91 Å². The van der Waals surface area contributed by atoms with Crippen molar-refractivity contribution in [1.29, 1.82) is 0 Å². The van der Waals surface area contributed by atoms with Crippen LogP contribution in [0.1, 0.15) is 27.9 Å². The maximum Gasteiger partial charge on any atom is 0.268 e. The number of ether oxygens (including phenoxy) is 1. The third kappa shape index (κ3) is 3.03. The molecular weight excluding hydrogens is 304 g/mol. The fourth-order valence-electron chi connectivity index (χ4n) is 2.68. The Bertz CT molecular complexity index is 850. The van der Waals surface area contributed by atoms with Gasteiger partial charge in [0.15, 0.2) is 0 Å². The van der Waals surface area contributed by atoms with Crippen molar-refractivity contribution in [1.82, 2.24) is 19.4 Å². The Morgan fingerprint density at radius 3 is 2.62 bits per heavy atom. The first kappa shape index (κ1) is 15.9. The quantitative estimate of drug-likeness (QED) is 0.783. The van der Waals surface area contributed by atoms with Crippen molar-refractivity contribution in [2.24, 2.45) is 14.1 Å². The molecule has 0 aliphatic rings. The summed E-state index contributed by atoms with van der Waals surface area (Å²) in [4.78, 5) is 17.1. The van der Waals surface area contributed by atoms with Gasteiger partial charge >= 0.3 is 0 Å². The molecule has 3 rings (SSSR count). The summed E-state index contributed by atoms with van der Waals surface area (Å²) in [6.07, 6.45) is 5.42. The van der Waals surface area contributed by atoms with Crippen LogP contribution in [-0.4, -0.2) is 27.1 Å². The minimum atomic E-state index is -0.373. The Kier molecular flexibility index (Phi) is 4.37. The molecule has 0 saturated carbocycles. The van der Waals surface area contributed by atoms with Gasteiger partial charge in [-0.25, -0.2) is 4.98 Å². The third-order valence-corrected chi connectivity index (χ3v) is 4.00. The number of hydrogen-bond acceptors (Lipinski definition) is 3. The fourth-order valence-corrected chi connectivity index (χ4v) is 2.68. The Morgan fingerprint density at radius 1 is 1.17 bits per heavy atom. The molecule has 0 radical (unpaired) electrons. The number of amides is 1. The van der Waals surface area contributed by atoms with E-state index < -0.39 is 0 Å². The number of aryl methyl sites for hydroxylation is 2. The molecule has 1 aromatic carbocycles. The zero-order valence-electron chi connectivity index (χ0n) is 13.9. The van der Waals surface area contributed by atoms with E-state index in [1.165, 1.54) is 0 Å². The Labute approximate surface area is 140 Å². The topological polar surface area (TPSA) is 61.1 Å². The zero-order valence-corrected chi connectivity index (χ0v) is 13.9. The summed E-state index contributed by atoms with van der Waals surface area (Å²) in [6, 6.07) is 10.9. The first-order valence-corrected chi connectivity index (χ1v) is 7.63. The lowest BCUT2D eigenvalue weighted by molar-refractivity contribution is 0.0933. The summed E-state index contributed by atoms with van der Waals surface area (Å²) in [6.45, 7) is 0. The van der Waals surface area contributed by atoms with Gasteiger partial charge in [0.05, 0.1) is 7.11 Å². The highest BCUT2D eigenvalue weighted by Gasteiger charge is 2.22. The normalized spacial score (nSPS) is 12.0. The van der Waals surface area contributed by atoms with Crippen LogP contribution in [0.5, 0.6) is 5.75 Å².